The van der Waals surface area contributed by atoms with Gasteiger partial charge in [-0.05, 0) is 30.2 Å². The zero-order chi connectivity index (χ0) is 15.1. The Labute approximate surface area is 124 Å². The molecule has 0 saturated carbocycles. The average molecular weight is 285 g/mol. The van der Waals surface area contributed by atoms with Crippen LogP contribution in [-0.4, -0.2) is 17.6 Å². The van der Waals surface area contributed by atoms with E-state index in [0.717, 1.165) is 16.9 Å². The zero-order valence-electron chi connectivity index (χ0n) is 12.0. The van der Waals surface area contributed by atoms with Crippen LogP contribution in [0.3, 0.4) is 0 Å². The second kappa shape index (κ2) is 7.45. The fourth-order valence-corrected chi connectivity index (χ4v) is 1.87. The fraction of sp³-hybridized carbons (Fsp3) is 0.235. The minimum absolute atomic E-state index is 0.0360. The standard InChI is InChI=1S/C17H19NO3/c1-13-2-4-15(5-3-13)12-21-16-8-6-14(7-9-16)10-18-11-17(19)20/h2-9,18H,10-12H2,1H3,(H,19,20). The molecular formula is C17H19NO3. The molecule has 110 valence electrons. The van der Waals surface area contributed by atoms with Gasteiger partial charge in [0.25, 0.3) is 0 Å². The van der Waals surface area contributed by atoms with Crippen molar-refractivity contribution in [1.29, 1.82) is 0 Å². The van der Waals surface area contributed by atoms with Crippen molar-refractivity contribution in [2.24, 2.45) is 0 Å². The van der Waals surface area contributed by atoms with Gasteiger partial charge in [0.15, 0.2) is 0 Å². The molecule has 0 radical (unpaired) electrons. The van der Waals surface area contributed by atoms with Gasteiger partial charge >= 0.3 is 5.97 Å². The topological polar surface area (TPSA) is 58.6 Å². The van der Waals surface area contributed by atoms with Gasteiger partial charge in [0.1, 0.15) is 12.4 Å². The molecule has 0 amide bonds. The summed E-state index contributed by atoms with van der Waals surface area (Å²) in [6, 6.07) is 15.9. The maximum absolute atomic E-state index is 10.4. The molecule has 2 N–H and O–H groups in total. The molecule has 0 aliphatic heterocycles. The van der Waals surface area contributed by atoms with Crippen LogP contribution in [0, 0.1) is 6.92 Å². The Bertz CT molecular complexity index is 576. The molecule has 0 heterocycles. The molecule has 0 fully saturated rings. The number of hydrogen-bond acceptors (Lipinski definition) is 3. The largest absolute Gasteiger partial charge is 0.489 e. The van der Waals surface area contributed by atoms with E-state index in [1.165, 1.54) is 5.56 Å². The molecule has 0 atom stereocenters. The van der Waals surface area contributed by atoms with Gasteiger partial charge in [0, 0.05) is 6.54 Å². The Morgan fingerprint density at radius 1 is 1.05 bits per heavy atom. The number of rotatable bonds is 7. The zero-order valence-corrected chi connectivity index (χ0v) is 12.0. The second-order valence-corrected chi connectivity index (χ2v) is 4.92. The molecule has 0 bridgehead atoms. The van der Waals surface area contributed by atoms with Crippen LogP contribution < -0.4 is 10.1 Å². The first-order valence-electron chi connectivity index (χ1n) is 6.83. The third-order valence-corrected chi connectivity index (χ3v) is 3.05. The fourth-order valence-electron chi connectivity index (χ4n) is 1.87. The van der Waals surface area contributed by atoms with E-state index in [4.69, 9.17) is 9.84 Å². The molecule has 4 nitrogen and oxygen atoms in total. The number of carboxylic acid groups (broad SMARTS) is 1. The van der Waals surface area contributed by atoms with Gasteiger partial charge < -0.3 is 15.2 Å². The van der Waals surface area contributed by atoms with Crippen molar-refractivity contribution in [3.8, 4) is 5.75 Å². The number of aliphatic carboxylic acids is 1. The average Bonchev–Trinajstić information content (AvgIpc) is 2.48. The maximum atomic E-state index is 10.4. The highest BCUT2D eigenvalue weighted by molar-refractivity contribution is 5.68. The van der Waals surface area contributed by atoms with E-state index in [1.54, 1.807) is 0 Å². The van der Waals surface area contributed by atoms with Gasteiger partial charge in [-0.15, -0.1) is 0 Å². The highest BCUT2D eigenvalue weighted by Gasteiger charge is 1.99. The van der Waals surface area contributed by atoms with Crippen LogP contribution in [-0.2, 0) is 17.9 Å². The summed E-state index contributed by atoms with van der Waals surface area (Å²) in [6.07, 6.45) is 0. The minimum Gasteiger partial charge on any atom is -0.489 e. The highest BCUT2D eigenvalue weighted by atomic mass is 16.5. The number of carbonyl (C=O) groups is 1. The van der Waals surface area contributed by atoms with Crippen molar-refractivity contribution in [3.05, 3.63) is 65.2 Å². The summed E-state index contributed by atoms with van der Waals surface area (Å²) in [5.74, 6) is -0.0504. The van der Waals surface area contributed by atoms with Crippen LogP contribution in [0.25, 0.3) is 0 Å². The van der Waals surface area contributed by atoms with E-state index in [-0.39, 0.29) is 6.54 Å². The van der Waals surface area contributed by atoms with Crippen molar-refractivity contribution in [1.82, 2.24) is 5.32 Å². The van der Waals surface area contributed by atoms with Gasteiger partial charge in [0.05, 0.1) is 6.54 Å². The molecule has 0 aliphatic rings. The molecule has 21 heavy (non-hydrogen) atoms. The Kier molecular flexibility index (Phi) is 5.35. The summed E-state index contributed by atoms with van der Waals surface area (Å²) >= 11 is 0. The lowest BCUT2D eigenvalue weighted by atomic mass is 10.2. The molecule has 2 aromatic carbocycles. The summed E-state index contributed by atoms with van der Waals surface area (Å²) < 4.78 is 5.72. The molecule has 0 spiro atoms. The highest BCUT2D eigenvalue weighted by Crippen LogP contribution is 2.14. The first-order valence-corrected chi connectivity index (χ1v) is 6.83. The van der Waals surface area contributed by atoms with Gasteiger partial charge in [0.2, 0.25) is 0 Å². The number of nitrogens with one attached hydrogen (secondary N) is 1. The Balaban J connectivity index is 1.81. The second-order valence-electron chi connectivity index (χ2n) is 4.92. The van der Waals surface area contributed by atoms with Gasteiger partial charge in [-0.25, -0.2) is 0 Å². The van der Waals surface area contributed by atoms with E-state index < -0.39 is 5.97 Å². The number of benzene rings is 2. The number of carboxylic acids is 1. The van der Waals surface area contributed by atoms with Crippen molar-refractivity contribution in [2.75, 3.05) is 6.54 Å². The number of hydrogen-bond donors (Lipinski definition) is 2. The Morgan fingerprint density at radius 3 is 2.29 bits per heavy atom. The van der Waals surface area contributed by atoms with E-state index in [1.807, 2.05) is 24.3 Å². The normalized spacial score (nSPS) is 10.3. The van der Waals surface area contributed by atoms with Gasteiger partial charge in [-0.2, -0.15) is 0 Å². The molecule has 0 unspecified atom stereocenters. The summed E-state index contributed by atoms with van der Waals surface area (Å²) in [4.78, 5) is 10.4. The predicted molar refractivity (Wildman–Crippen MR) is 81.3 cm³/mol. The number of ether oxygens (including phenoxy) is 1. The molecule has 0 aliphatic carbocycles. The predicted octanol–water partition coefficient (Wildman–Crippen LogP) is 2.75. The van der Waals surface area contributed by atoms with Gasteiger partial charge in [-0.1, -0.05) is 42.0 Å². The first kappa shape index (κ1) is 15.1. The van der Waals surface area contributed by atoms with Crippen LogP contribution in [0.15, 0.2) is 48.5 Å². The quantitative estimate of drug-likeness (QED) is 0.821. The van der Waals surface area contributed by atoms with E-state index in [2.05, 4.69) is 36.5 Å². The van der Waals surface area contributed by atoms with Crippen LogP contribution in [0.5, 0.6) is 5.75 Å². The van der Waals surface area contributed by atoms with Crippen LogP contribution in [0.2, 0.25) is 0 Å². The monoisotopic (exact) mass is 285 g/mol. The summed E-state index contributed by atoms with van der Waals surface area (Å²) in [5, 5.41) is 11.4. The SMILES string of the molecule is Cc1ccc(COc2ccc(CNCC(=O)O)cc2)cc1. The van der Waals surface area contributed by atoms with Crippen LogP contribution in [0.4, 0.5) is 0 Å². The van der Waals surface area contributed by atoms with Crippen LogP contribution >= 0.6 is 0 Å². The third kappa shape index (κ3) is 5.28. The lowest BCUT2D eigenvalue weighted by molar-refractivity contribution is -0.135. The summed E-state index contributed by atoms with van der Waals surface area (Å²) in [7, 11) is 0. The first-order chi connectivity index (χ1) is 10.1. The van der Waals surface area contributed by atoms with Crippen molar-refractivity contribution >= 4 is 5.97 Å². The lowest BCUT2D eigenvalue weighted by Gasteiger charge is -2.08. The molecule has 4 heteroatoms. The lowest BCUT2D eigenvalue weighted by Crippen LogP contribution is -2.21. The van der Waals surface area contributed by atoms with Gasteiger partial charge in [-0.3, -0.25) is 4.79 Å². The smallest absolute Gasteiger partial charge is 0.317 e. The molecule has 0 saturated heterocycles. The van der Waals surface area contributed by atoms with E-state index in [0.29, 0.717) is 13.2 Å². The van der Waals surface area contributed by atoms with E-state index in [9.17, 15) is 4.79 Å². The molecular weight excluding hydrogens is 266 g/mol. The third-order valence-electron chi connectivity index (χ3n) is 3.05. The maximum Gasteiger partial charge on any atom is 0.317 e. The van der Waals surface area contributed by atoms with Crippen molar-refractivity contribution in [2.45, 2.75) is 20.1 Å². The Morgan fingerprint density at radius 2 is 1.67 bits per heavy atom. The summed E-state index contributed by atoms with van der Waals surface area (Å²) in [5.41, 5.74) is 3.39. The molecule has 2 rings (SSSR count). The van der Waals surface area contributed by atoms with Crippen LogP contribution in [0.1, 0.15) is 16.7 Å². The van der Waals surface area contributed by atoms with Crippen molar-refractivity contribution < 1.29 is 14.6 Å². The molecule has 0 aromatic heterocycles. The van der Waals surface area contributed by atoms with Crippen molar-refractivity contribution in [3.63, 3.8) is 0 Å². The Hall–Kier alpha value is -2.33. The summed E-state index contributed by atoms with van der Waals surface area (Å²) in [6.45, 7) is 3.09. The number of aryl methyl sites for hydroxylation is 1. The van der Waals surface area contributed by atoms with E-state index >= 15 is 0 Å². The minimum atomic E-state index is -0.854. The molecule has 2 aromatic rings.